The lowest BCUT2D eigenvalue weighted by molar-refractivity contribution is 0.207. The van der Waals surface area contributed by atoms with Gasteiger partial charge in [-0.2, -0.15) is 0 Å². The first-order valence-electron chi connectivity index (χ1n) is 5.08. The van der Waals surface area contributed by atoms with Crippen molar-refractivity contribution in [2.75, 3.05) is 13.7 Å². The van der Waals surface area contributed by atoms with Crippen LogP contribution in [0.25, 0.3) is 0 Å². The highest BCUT2D eigenvalue weighted by Gasteiger charge is 2.16. The minimum absolute atomic E-state index is 0.328. The van der Waals surface area contributed by atoms with E-state index < -0.39 is 0 Å². The molecule has 0 unspecified atom stereocenters. The SMILES string of the molecule is COCCC1=Nc2c(C)cc(O)cc2C1. The van der Waals surface area contributed by atoms with Crippen LogP contribution in [0.5, 0.6) is 5.75 Å². The van der Waals surface area contributed by atoms with Gasteiger partial charge >= 0.3 is 0 Å². The zero-order valence-electron chi connectivity index (χ0n) is 9.08. The molecule has 0 bridgehead atoms. The average molecular weight is 205 g/mol. The van der Waals surface area contributed by atoms with E-state index in [-0.39, 0.29) is 0 Å². The van der Waals surface area contributed by atoms with E-state index in [0.717, 1.165) is 35.4 Å². The second kappa shape index (κ2) is 4.03. The number of methoxy groups -OCH3 is 1. The molecule has 3 heteroatoms. The fraction of sp³-hybridized carbons (Fsp3) is 0.417. The van der Waals surface area contributed by atoms with Crippen molar-refractivity contribution in [3.8, 4) is 5.75 Å². The molecule has 0 saturated heterocycles. The predicted molar refractivity (Wildman–Crippen MR) is 60.1 cm³/mol. The van der Waals surface area contributed by atoms with Gasteiger partial charge in [0, 0.05) is 25.7 Å². The molecule has 1 aromatic rings. The van der Waals surface area contributed by atoms with Crippen LogP contribution in [0.15, 0.2) is 17.1 Å². The lowest BCUT2D eigenvalue weighted by Crippen LogP contribution is -2.02. The second-order valence-corrected chi connectivity index (χ2v) is 3.87. The van der Waals surface area contributed by atoms with E-state index in [1.54, 1.807) is 19.2 Å². The molecule has 1 aliphatic rings. The number of phenolic OH excluding ortho intramolecular Hbond substituents is 1. The van der Waals surface area contributed by atoms with Crippen LogP contribution in [0, 0.1) is 6.92 Å². The van der Waals surface area contributed by atoms with Gasteiger partial charge in [0.1, 0.15) is 5.75 Å². The first-order valence-corrected chi connectivity index (χ1v) is 5.08. The standard InChI is InChI=1S/C12H15NO2/c1-8-5-11(14)7-9-6-10(3-4-15-2)13-12(8)9/h5,7,14H,3-4,6H2,1-2H3. The first kappa shape index (κ1) is 10.2. The van der Waals surface area contributed by atoms with Gasteiger partial charge in [0.15, 0.2) is 0 Å². The molecule has 0 radical (unpaired) electrons. The Morgan fingerprint density at radius 2 is 2.27 bits per heavy atom. The number of nitrogens with zero attached hydrogens (tertiary/aromatic N) is 1. The van der Waals surface area contributed by atoms with Crippen LogP contribution in [-0.2, 0) is 11.2 Å². The maximum absolute atomic E-state index is 9.46. The number of ether oxygens (including phenoxy) is 1. The van der Waals surface area contributed by atoms with Gasteiger partial charge in [-0.1, -0.05) is 0 Å². The molecule has 0 aromatic heterocycles. The van der Waals surface area contributed by atoms with Crippen LogP contribution < -0.4 is 0 Å². The molecular weight excluding hydrogens is 190 g/mol. The van der Waals surface area contributed by atoms with Crippen molar-refractivity contribution in [3.05, 3.63) is 23.3 Å². The number of benzene rings is 1. The number of rotatable bonds is 3. The fourth-order valence-corrected chi connectivity index (χ4v) is 1.91. The largest absolute Gasteiger partial charge is 0.508 e. The van der Waals surface area contributed by atoms with Crippen molar-refractivity contribution in [1.29, 1.82) is 0 Å². The van der Waals surface area contributed by atoms with E-state index in [0.29, 0.717) is 12.4 Å². The summed E-state index contributed by atoms with van der Waals surface area (Å²) in [5, 5.41) is 9.46. The Balaban J connectivity index is 2.22. The van der Waals surface area contributed by atoms with Crippen LogP contribution in [0.4, 0.5) is 5.69 Å². The molecule has 1 aliphatic heterocycles. The Labute approximate surface area is 89.4 Å². The quantitative estimate of drug-likeness (QED) is 0.823. The van der Waals surface area contributed by atoms with Gasteiger partial charge in [-0.3, -0.25) is 4.99 Å². The zero-order valence-corrected chi connectivity index (χ0v) is 9.08. The molecule has 0 fully saturated rings. The highest BCUT2D eigenvalue weighted by atomic mass is 16.5. The Morgan fingerprint density at radius 3 is 3.00 bits per heavy atom. The molecule has 0 amide bonds. The van der Waals surface area contributed by atoms with Crippen LogP contribution in [0.3, 0.4) is 0 Å². The zero-order chi connectivity index (χ0) is 10.8. The molecule has 0 aliphatic carbocycles. The van der Waals surface area contributed by atoms with Crippen LogP contribution in [0.1, 0.15) is 17.5 Å². The van der Waals surface area contributed by atoms with Crippen molar-refractivity contribution in [2.24, 2.45) is 4.99 Å². The summed E-state index contributed by atoms with van der Waals surface area (Å²) < 4.78 is 5.03. The number of phenols is 1. The topological polar surface area (TPSA) is 41.8 Å². The van der Waals surface area contributed by atoms with Crippen molar-refractivity contribution < 1.29 is 9.84 Å². The van der Waals surface area contributed by atoms with Crippen molar-refractivity contribution in [1.82, 2.24) is 0 Å². The van der Waals surface area contributed by atoms with Crippen LogP contribution in [-0.4, -0.2) is 24.5 Å². The molecule has 15 heavy (non-hydrogen) atoms. The normalized spacial score (nSPS) is 13.9. The molecule has 80 valence electrons. The molecule has 0 saturated carbocycles. The number of aryl methyl sites for hydroxylation is 1. The highest BCUT2D eigenvalue weighted by molar-refractivity contribution is 5.94. The minimum Gasteiger partial charge on any atom is -0.508 e. The Kier molecular flexibility index (Phi) is 2.73. The molecule has 1 aromatic carbocycles. The van der Waals surface area contributed by atoms with E-state index in [4.69, 9.17) is 4.74 Å². The summed E-state index contributed by atoms with van der Waals surface area (Å²) in [5.74, 6) is 0.328. The maximum atomic E-state index is 9.46. The van der Waals surface area contributed by atoms with Gasteiger partial charge in [0.05, 0.1) is 12.3 Å². The van der Waals surface area contributed by atoms with Crippen LogP contribution >= 0.6 is 0 Å². The predicted octanol–water partition coefficient (Wildman–Crippen LogP) is 2.37. The van der Waals surface area contributed by atoms with Crippen molar-refractivity contribution >= 4 is 11.4 Å². The summed E-state index contributed by atoms with van der Waals surface area (Å²) in [6.45, 7) is 2.68. The molecule has 0 spiro atoms. The number of aromatic hydroxyl groups is 1. The highest BCUT2D eigenvalue weighted by Crippen LogP contribution is 2.34. The molecule has 3 nitrogen and oxygen atoms in total. The third-order valence-electron chi connectivity index (χ3n) is 2.62. The van der Waals surface area contributed by atoms with Gasteiger partial charge in [-0.05, 0) is 30.2 Å². The fourth-order valence-electron chi connectivity index (χ4n) is 1.91. The molecular formula is C12H15NO2. The summed E-state index contributed by atoms with van der Waals surface area (Å²) >= 11 is 0. The maximum Gasteiger partial charge on any atom is 0.116 e. The minimum atomic E-state index is 0.328. The molecule has 1 N–H and O–H groups in total. The first-order chi connectivity index (χ1) is 7.20. The van der Waals surface area contributed by atoms with Gasteiger partial charge < -0.3 is 9.84 Å². The van der Waals surface area contributed by atoms with Crippen molar-refractivity contribution in [3.63, 3.8) is 0 Å². The number of fused-ring (bicyclic) bond motifs is 1. The molecule has 2 rings (SSSR count). The lowest BCUT2D eigenvalue weighted by Gasteiger charge is -2.01. The Bertz CT molecular complexity index is 410. The van der Waals surface area contributed by atoms with E-state index >= 15 is 0 Å². The van der Waals surface area contributed by atoms with E-state index in [1.807, 2.05) is 6.92 Å². The van der Waals surface area contributed by atoms with Crippen LogP contribution in [0.2, 0.25) is 0 Å². The lowest BCUT2D eigenvalue weighted by atomic mass is 10.1. The second-order valence-electron chi connectivity index (χ2n) is 3.87. The number of hydrogen-bond acceptors (Lipinski definition) is 3. The number of aliphatic imine (C=N–C) groups is 1. The Hall–Kier alpha value is -1.35. The third-order valence-corrected chi connectivity index (χ3v) is 2.62. The summed E-state index contributed by atoms with van der Waals surface area (Å²) in [6.07, 6.45) is 1.71. The number of hydrogen-bond donors (Lipinski definition) is 1. The van der Waals surface area contributed by atoms with Gasteiger partial charge in [0.2, 0.25) is 0 Å². The van der Waals surface area contributed by atoms with Gasteiger partial charge in [-0.15, -0.1) is 0 Å². The van der Waals surface area contributed by atoms with E-state index in [9.17, 15) is 5.11 Å². The summed E-state index contributed by atoms with van der Waals surface area (Å²) in [6, 6.07) is 3.55. The monoisotopic (exact) mass is 205 g/mol. The average Bonchev–Trinajstić information content (AvgIpc) is 2.57. The molecule has 0 atom stereocenters. The summed E-state index contributed by atoms with van der Waals surface area (Å²) in [5.41, 5.74) is 4.33. The van der Waals surface area contributed by atoms with E-state index in [1.165, 1.54) is 0 Å². The summed E-state index contributed by atoms with van der Waals surface area (Å²) in [7, 11) is 1.69. The Morgan fingerprint density at radius 1 is 1.47 bits per heavy atom. The van der Waals surface area contributed by atoms with Gasteiger partial charge in [0.25, 0.3) is 0 Å². The van der Waals surface area contributed by atoms with Gasteiger partial charge in [-0.25, -0.2) is 0 Å². The van der Waals surface area contributed by atoms with Crippen molar-refractivity contribution in [2.45, 2.75) is 19.8 Å². The summed E-state index contributed by atoms with van der Waals surface area (Å²) in [4.78, 5) is 4.56. The molecule has 1 heterocycles. The smallest absolute Gasteiger partial charge is 0.116 e. The van der Waals surface area contributed by atoms with E-state index in [2.05, 4.69) is 4.99 Å². The third kappa shape index (κ3) is 2.02.